The van der Waals surface area contributed by atoms with E-state index in [4.69, 9.17) is 5.73 Å². The molecule has 4 nitrogen and oxygen atoms in total. The molecule has 1 aliphatic heterocycles. The Hall–Kier alpha value is -0.610. The molecule has 1 amide bonds. The van der Waals surface area contributed by atoms with Gasteiger partial charge in [-0.05, 0) is 13.5 Å². The predicted molar refractivity (Wildman–Crippen MR) is 40.8 cm³/mol. The minimum atomic E-state index is -0.538. The molecule has 1 fully saturated rings. The number of hydrogen-bond acceptors (Lipinski definition) is 3. The molecule has 1 heterocycles. The summed E-state index contributed by atoms with van der Waals surface area (Å²) >= 11 is 0. The first-order chi connectivity index (χ1) is 5.11. The minimum absolute atomic E-state index is 0.381. The second-order valence-electron chi connectivity index (χ2n) is 3.13. The molecular weight excluding hydrogens is 144 g/mol. The SMILES string of the molecule is CN1CCC(O)C(C(N)=O)C1. The summed E-state index contributed by atoms with van der Waals surface area (Å²) in [4.78, 5) is 12.7. The molecule has 2 atom stereocenters. The second kappa shape index (κ2) is 3.19. The summed E-state index contributed by atoms with van der Waals surface area (Å²) in [5, 5.41) is 9.33. The Morgan fingerprint density at radius 3 is 2.82 bits per heavy atom. The van der Waals surface area contributed by atoms with E-state index in [-0.39, 0.29) is 5.92 Å². The van der Waals surface area contributed by atoms with Crippen molar-refractivity contribution < 1.29 is 9.90 Å². The fourth-order valence-corrected chi connectivity index (χ4v) is 1.38. The summed E-state index contributed by atoms with van der Waals surface area (Å²) < 4.78 is 0. The van der Waals surface area contributed by atoms with E-state index in [9.17, 15) is 9.90 Å². The van der Waals surface area contributed by atoms with Crippen molar-refractivity contribution in [2.45, 2.75) is 12.5 Å². The van der Waals surface area contributed by atoms with Crippen molar-refractivity contribution in [2.75, 3.05) is 20.1 Å². The zero-order chi connectivity index (χ0) is 8.43. The van der Waals surface area contributed by atoms with Gasteiger partial charge in [0.2, 0.25) is 5.91 Å². The third-order valence-corrected chi connectivity index (χ3v) is 2.14. The first-order valence-electron chi connectivity index (χ1n) is 3.77. The number of carbonyl (C=O) groups is 1. The van der Waals surface area contributed by atoms with Crippen LogP contribution >= 0.6 is 0 Å². The van der Waals surface area contributed by atoms with E-state index in [1.165, 1.54) is 0 Å². The number of amides is 1. The summed E-state index contributed by atoms with van der Waals surface area (Å²) in [5.41, 5.74) is 5.09. The van der Waals surface area contributed by atoms with Crippen LogP contribution in [-0.2, 0) is 4.79 Å². The molecule has 0 spiro atoms. The number of likely N-dealkylation sites (tertiary alicyclic amines) is 1. The smallest absolute Gasteiger partial charge is 0.224 e. The first kappa shape index (κ1) is 8.49. The molecule has 0 aromatic rings. The molecule has 0 aromatic heterocycles. The van der Waals surface area contributed by atoms with Gasteiger partial charge in [0.15, 0.2) is 0 Å². The monoisotopic (exact) mass is 158 g/mol. The summed E-state index contributed by atoms with van der Waals surface area (Å²) in [6.07, 6.45) is 0.105. The second-order valence-corrected chi connectivity index (χ2v) is 3.13. The molecule has 1 aliphatic rings. The maximum Gasteiger partial charge on any atom is 0.224 e. The molecule has 4 heteroatoms. The van der Waals surface area contributed by atoms with Gasteiger partial charge in [-0.3, -0.25) is 4.79 Å². The van der Waals surface area contributed by atoms with Gasteiger partial charge in [-0.2, -0.15) is 0 Å². The molecule has 0 bridgehead atoms. The first-order valence-corrected chi connectivity index (χ1v) is 3.77. The number of hydrogen-bond donors (Lipinski definition) is 2. The predicted octanol–water partition coefficient (Wildman–Crippen LogP) is -1.22. The standard InChI is InChI=1S/C7H14N2O2/c1-9-3-2-6(10)5(4-9)7(8)11/h5-6,10H,2-4H2,1H3,(H2,8,11). The Kier molecular flexibility index (Phi) is 2.46. The third-order valence-electron chi connectivity index (χ3n) is 2.14. The average molecular weight is 158 g/mol. The van der Waals surface area contributed by atoms with E-state index in [1.807, 2.05) is 11.9 Å². The zero-order valence-electron chi connectivity index (χ0n) is 6.66. The highest BCUT2D eigenvalue weighted by molar-refractivity contribution is 5.77. The normalized spacial score (nSPS) is 33.6. The number of aliphatic hydroxyl groups excluding tert-OH is 1. The molecule has 0 saturated carbocycles. The van der Waals surface area contributed by atoms with Crippen LogP contribution < -0.4 is 5.73 Å². The Balaban J connectivity index is 2.54. The highest BCUT2D eigenvalue weighted by Gasteiger charge is 2.29. The van der Waals surface area contributed by atoms with Gasteiger partial charge < -0.3 is 15.7 Å². The zero-order valence-corrected chi connectivity index (χ0v) is 6.66. The van der Waals surface area contributed by atoms with Gasteiger partial charge in [0, 0.05) is 13.1 Å². The number of carbonyl (C=O) groups excluding carboxylic acids is 1. The number of rotatable bonds is 1. The van der Waals surface area contributed by atoms with Gasteiger partial charge in [0.25, 0.3) is 0 Å². The molecule has 64 valence electrons. The summed E-state index contributed by atoms with van der Waals surface area (Å²) in [6.45, 7) is 1.42. The molecule has 0 aliphatic carbocycles. The fourth-order valence-electron chi connectivity index (χ4n) is 1.38. The van der Waals surface area contributed by atoms with E-state index < -0.39 is 12.0 Å². The lowest BCUT2D eigenvalue weighted by Gasteiger charge is -2.31. The fraction of sp³-hybridized carbons (Fsp3) is 0.857. The molecule has 0 aromatic carbocycles. The Bertz CT molecular complexity index is 161. The lowest BCUT2D eigenvalue weighted by atomic mass is 9.95. The minimum Gasteiger partial charge on any atom is -0.392 e. The van der Waals surface area contributed by atoms with Gasteiger partial charge in [0.05, 0.1) is 12.0 Å². The highest BCUT2D eigenvalue weighted by atomic mass is 16.3. The van der Waals surface area contributed by atoms with E-state index in [0.717, 1.165) is 6.54 Å². The van der Waals surface area contributed by atoms with Crippen molar-refractivity contribution in [3.05, 3.63) is 0 Å². The van der Waals surface area contributed by atoms with Crippen molar-refractivity contribution >= 4 is 5.91 Å². The molecular formula is C7H14N2O2. The van der Waals surface area contributed by atoms with Crippen LogP contribution in [0.5, 0.6) is 0 Å². The summed E-state index contributed by atoms with van der Waals surface area (Å²) in [7, 11) is 1.92. The molecule has 3 N–H and O–H groups in total. The van der Waals surface area contributed by atoms with Crippen LogP contribution in [0, 0.1) is 5.92 Å². The molecule has 2 unspecified atom stereocenters. The van der Waals surface area contributed by atoms with Gasteiger partial charge in [-0.15, -0.1) is 0 Å². The highest BCUT2D eigenvalue weighted by Crippen LogP contribution is 2.14. The van der Waals surface area contributed by atoms with Crippen LogP contribution in [0.2, 0.25) is 0 Å². The lowest BCUT2D eigenvalue weighted by molar-refractivity contribution is -0.127. The van der Waals surface area contributed by atoms with Crippen LogP contribution in [0.1, 0.15) is 6.42 Å². The van der Waals surface area contributed by atoms with E-state index >= 15 is 0 Å². The van der Waals surface area contributed by atoms with Crippen molar-refractivity contribution in [1.29, 1.82) is 0 Å². The maximum atomic E-state index is 10.7. The van der Waals surface area contributed by atoms with Crippen molar-refractivity contribution in [3.63, 3.8) is 0 Å². The van der Waals surface area contributed by atoms with Gasteiger partial charge in [-0.1, -0.05) is 0 Å². The number of nitrogens with zero attached hydrogens (tertiary/aromatic N) is 1. The lowest BCUT2D eigenvalue weighted by Crippen LogP contribution is -2.47. The Labute approximate surface area is 66.0 Å². The summed E-state index contributed by atoms with van der Waals surface area (Å²) in [5.74, 6) is -0.780. The largest absolute Gasteiger partial charge is 0.392 e. The Morgan fingerprint density at radius 1 is 1.73 bits per heavy atom. The van der Waals surface area contributed by atoms with Crippen molar-refractivity contribution in [2.24, 2.45) is 11.7 Å². The van der Waals surface area contributed by atoms with E-state index in [0.29, 0.717) is 13.0 Å². The molecule has 1 rings (SSSR count). The number of piperidine rings is 1. The molecule has 0 radical (unpaired) electrons. The third kappa shape index (κ3) is 1.91. The van der Waals surface area contributed by atoms with Crippen LogP contribution in [-0.4, -0.2) is 42.2 Å². The maximum absolute atomic E-state index is 10.7. The van der Waals surface area contributed by atoms with Crippen LogP contribution in [0.15, 0.2) is 0 Å². The quantitative estimate of drug-likeness (QED) is 0.503. The summed E-state index contributed by atoms with van der Waals surface area (Å²) in [6, 6.07) is 0. The van der Waals surface area contributed by atoms with E-state index in [1.54, 1.807) is 0 Å². The topological polar surface area (TPSA) is 66.6 Å². The molecule has 1 saturated heterocycles. The van der Waals surface area contributed by atoms with Crippen LogP contribution in [0.25, 0.3) is 0 Å². The molecule has 11 heavy (non-hydrogen) atoms. The van der Waals surface area contributed by atoms with E-state index in [2.05, 4.69) is 0 Å². The number of primary amides is 1. The average Bonchev–Trinajstić information content (AvgIpc) is 1.94. The number of nitrogens with two attached hydrogens (primary N) is 1. The number of aliphatic hydroxyl groups is 1. The van der Waals surface area contributed by atoms with Gasteiger partial charge >= 0.3 is 0 Å². The Morgan fingerprint density at radius 2 is 2.36 bits per heavy atom. The van der Waals surface area contributed by atoms with Crippen LogP contribution in [0.4, 0.5) is 0 Å². The van der Waals surface area contributed by atoms with Gasteiger partial charge in [-0.25, -0.2) is 0 Å². The van der Waals surface area contributed by atoms with Gasteiger partial charge in [0.1, 0.15) is 0 Å². The van der Waals surface area contributed by atoms with Crippen LogP contribution in [0.3, 0.4) is 0 Å². The van der Waals surface area contributed by atoms with Crippen molar-refractivity contribution in [3.8, 4) is 0 Å². The van der Waals surface area contributed by atoms with Crippen molar-refractivity contribution in [1.82, 2.24) is 4.90 Å².